The Morgan fingerprint density at radius 3 is 2.48 bits per heavy atom. The largest absolute Gasteiger partial charge is 0.478 e. The number of carboxylic acid groups (broad SMARTS) is 1. The Balaban J connectivity index is 2.21. The number of carboxylic acids is 1. The molecule has 1 aliphatic carbocycles. The highest BCUT2D eigenvalue weighted by atomic mass is 16.4. The van der Waals surface area contributed by atoms with Gasteiger partial charge in [0, 0.05) is 25.1 Å². The summed E-state index contributed by atoms with van der Waals surface area (Å²) in [6.45, 7) is 6.48. The van der Waals surface area contributed by atoms with Crippen molar-refractivity contribution in [1.82, 2.24) is 4.90 Å². The zero-order valence-corrected chi connectivity index (χ0v) is 12.9. The highest BCUT2D eigenvalue weighted by molar-refractivity contribution is 5.96. The smallest absolute Gasteiger partial charge is 0.339 e. The molecule has 0 atom stereocenters. The first-order valence-corrected chi connectivity index (χ1v) is 7.61. The SMILES string of the molecule is CCc1oc(C(=O)N(CC2CCC2)C(C)C)cc1C(=O)O. The topological polar surface area (TPSA) is 70.8 Å². The van der Waals surface area contributed by atoms with Gasteiger partial charge in [0.05, 0.1) is 0 Å². The van der Waals surface area contributed by atoms with Gasteiger partial charge < -0.3 is 14.4 Å². The van der Waals surface area contributed by atoms with Crippen molar-refractivity contribution in [3.05, 3.63) is 23.2 Å². The molecule has 21 heavy (non-hydrogen) atoms. The fraction of sp³-hybridized carbons (Fsp3) is 0.625. The van der Waals surface area contributed by atoms with Crippen molar-refractivity contribution < 1.29 is 19.1 Å². The minimum atomic E-state index is -1.05. The van der Waals surface area contributed by atoms with E-state index in [0.29, 0.717) is 18.1 Å². The molecule has 1 aromatic heterocycles. The molecule has 1 fully saturated rings. The zero-order valence-electron chi connectivity index (χ0n) is 12.9. The molecular formula is C16H23NO4. The van der Waals surface area contributed by atoms with Gasteiger partial charge in [-0.1, -0.05) is 13.3 Å². The van der Waals surface area contributed by atoms with Gasteiger partial charge in [0.15, 0.2) is 5.76 Å². The van der Waals surface area contributed by atoms with E-state index in [2.05, 4.69) is 0 Å². The summed E-state index contributed by atoms with van der Waals surface area (Å²) in [7, 11) is 0. The van der Waals surface area contributed by atoms with E-state index in [0.717, 1.165) is 19.4 Å². The van der Waals surface area contributed by atoms with E-state index in [4.69, 9.17) is 9.52 Å². The minimum absolute atomic E-state index is 0.0709. The normalized spacial score (nSPS) is 15.0. The maximum atomic E-state index is 12.6. The molecule has 0 saturated heterocycles. The fourth-order valence-corrected chi connectivity index (χ4v) is 2.60. The first-order chi connectivity index (χ1) is 9.93. The number of nitrogens with zero attached hydrogens (tertiary/aromatic N) is 1. The molecular weight excluding hydrogens is 270 g/mol. The van der Waals surface area contributed by atoms with E-state index < -0.39 is 5.97 Å². The lowest BCUT2D eigenvalue weighted by molar-refractivity contribution is 0.0598. The van der Waals surface area contributed by atoms with Gasteiger partial charge in [-0.15, -0.1) is 0 Å². The second-order valence-corrected chi connectivity index (χ2v) is 5.95. The monoisotopic (exact) mass is 293 g/mol. The Kier molecular flexibility index (Phi) is 4.70. The van der Waals surface area contributed by atoms with Gasteiger partial charge in [0.2, 0.25) is 0 Å². The molecule has 0 aliphatic heterocycles. The van der Waals surface area contributed by atoms with Crippen LogP contribution < -0.4 is 0 Å². The molecule has 1 N–H and O–H groups in total. The minimum Gasteiger partial charge on any atom is -0.478 e. The predicted molar refractivity (Wildman–Crippen MR) is 78.6 cm³/mol. The third kappa shape index (κ3) is 3.28. The molecule has 2 rings (SSSR count). The second kappa shape index (κ2) is 6.33. The summed E-state index contributed by atoms with van der Waals surface area (Å²) in [6, 6.07) is 1.43. The number of furan rings is 1. The maximum absolute atomic E-state index is 12.6. The molecule has 5 heteroatoms. The van der Waals surface area contributed by atoms with Gasteiger partial charge in [-0.3, -0.25) is 4.79 Å². The third-order valence-electron chi connectivity index (χ3n) is 4.14. The molecule has 116 valence electrons. The molecule has 0 spiro atoms. The van der Waals surface area contributed by atoms with Gasteiger partial charge in [-0.05, 0) is 32.6 Å². The van der Waals surface area contributed by atoms with Gasteiger partial charge in [0.1, 0.15) is 11.3 Å². The number of carbonyl (C=O) groups excluding carboxylic acids is 1. The molecule has 0 radical (unpaired) electrons. The molecule has 1 aromatic rings. The highest BCUT2D eigenvalue weighted by Crippen LogP contribution is 2.28. The van der Waals surface area contributed by atoms with Gasteiger partial charge >= 0.3 is 5.97 Å². The van der Waals surface area contributed by atoms with Crippen molar-refractivity contribution in [1.29, 1.82) is 0 Å². The van der Waals surface area contributed by atoms with Crippen LogP contribution in [-0.2, 0) is 6.42 Å². The van der Waals surface area contributed by atoms with E-state index in [1.807, 2.05) is 20.8 Å². The van der Waals surface area contributed by atoms with Crippen LogP contribution in [0.15, 0.2) is 10.5 Å². The average molecular weight is 293 g/mol. The van der Waals surface area contributed by atoms with Crippen LogP contribution in [0, 0.1) is 5.92 Å². The van der Waals surface area contributed by atoms with Crippen LogP contribution in [0.3, 0.4) is 0 Å². The lowest BCUT2D eigenvalue weighted by Crippen LogP contribution is -2.41. The predicted octanol–water partition coefficient (Wildman–Crippen LogP) is 3.19. The highest BCUT2D eigenvalue weighted by Gasteiger charge is 2.29. The summed E-state index contributed by atoms with van der Waals surface area (Å²) >= 11 is 0. The van der Waals surface area contributed by atoms with Crippen LogP contribution in [0.1, 0.15) is 66.7 Å². The Bertz CT molecular complexity index is 528. The van der Waals surface area contributed by atoms with Crippen LogP contribution in [0.4, 0.5) is 0 Å². The summed E-state index contributed by atoms with van der Waals surface area (Å²) in [5.74, 6) is -0.199. The van der Waals surface area contributed by atoms with E-state index >= 15 is 0 Å². The number of rotatable bonds is 6. The summed E-state index contributed by atoms with van der Waals surface area (Å²) in [5.41, 5.74) is 0.0909. The van der Waals surface area contributed by atoms with Crippen LogP contribution in [0.25, 0.3) is 0 Å². The first kappa shape index (κ1) is 15.6. The standard InChI is InChI=1S/C16H23NO4/c1-4-13-12(16(19)20)8-14(21-13)15(18)17(10(2)3)9-11-6-5-7-11/h8,10-11H,4-7,9H2,1-3H3,(H,19,20). The number of hydrogen-bond donors (Lipinski definition) is 1. The van der Waals surface area contributed by atoms with Crippen molar-refractivity contribution in [2.45, 2.75) is 52.5 Å². The van der Waals surface area contributed by atoms with Gasteiger partial charge in [-0.25, -0.2) is 4.79 Å². The van der Waals surface area contributed by atoms with E-state index in [9.17, 15) is 9.59 Å². The van der Waals surface area contributed by atoms with Crippen LogP contribution in [-0.4, -0.2) is 34.5 Å². The quantitative estimate of drug-likeness (QED) is 0.874. The second-order valence-electron chi connectivity index (χ2n) is 5.95. The molecule has 0 unspecified atom stereocenters. The van der Waals surface area contributed by atoms with E-state index in [-0.39, 0.29) is 23.3 Å². The molecule has 0 aromatic carbocycles. The Hall–Kier alpha value is -1.78. The maximum Gasteiger partial charge on any atom is 0.339 e. The van der Waals surface area contributed by atoms with Crippen molar-refractivity contribution in [3.8, 4) is 0 Å². The van der Waals surface area contributed by atoms with E-state index in [1.165, 1.54) is 12.5 Å². The van der Waals surface area contributed by atoms with Crippen molar-refractivity contribution in [3.63, 3.8) is 0 Å². The summed E-state index contributed by atoms with van der Waals surface area (Å²) in [4.78, 5) is 25.6. The molecule has 1 aliphatic rings. The molecule has 0 bridgehead atoms. The lowest BCUT2D eigenvalue weighted by atomic mass is 9.85. The fourth-order valence-electron chi connectivity index (χ4n) is 2.60. The van der Waals surface area contributed by atoms with Crippen molar-refractivity contribution in [2.75, 3.05) is 6.54 Å². The number of amides is 1. The number of hydrogen-bond acceptors (Lipinski definition) is 3. The summed E-state index contributed by atoms with van der Waals surface area (Å²) in [6.07, 6.45) is 4.01. The third-order valence-corrected chi connectivity index (χ3v) is 4.14. The number of carbonyl (C=O) groups is 2. The van der Waals surface area contributed by atoms with Crippen molar-refractivity contribution >= 4 is 11.9 Å². The van der Waals surface area contributed by atoms with E-state index in [1.54, 1.807) is 4.90 Å². The first-order valence-electron chi connectivity index (χ1n) is 7.61. The Morgan fingerprint density at radius 1 is 1.43 bits per heavy atom. The number of aromatic carboxylic acids is 1. The summed E-state index contributed by atoms with van der Waals surface area (Å²) < 4.78 is 5.48. The van der Waals surface area contributed by atoms with Crippen LogP contribution >= 0.6 is 0 Å². The Morgan fingerprint density at radius 2 is 2.10 bits per heavy atom. The average Bonchev–Trinajstić information content (AvgIpc) is 2.80. The number of aryl methyl sites for hydroxylation is 1. The van der Waals surface area contributed by atoms with Gasteiger partial charge in [0.25, 0.3) is 5.91 Å². The molecule has 1 amide bonds. The zero-order chi connectivity index (χ0) is 15.6. The van der Waals surface area contributed by atoms with Crippen LogP contribution in [0.5, 0.6) is 0 Å². The molecule has 1 saturated carbocycles. The Labute approximate surface area is 124 Å². The lowest BCUT2D eigenvalue weighted by Gasteiger charge is -2.34. The molecule has 1 heterocycles. The van der Waals surface area contributed by atoms with Crippen molar-refractivity contribution in [2.24, 2.45) is 5.92 Å². The summed E-state index contributed by atoms with van der Waals surface area (Å²) in [5, 5.41) is 9.15. The molecule has 5 nitrogen and oxygen atoms in total. The van der Waals surface area contributed by atoms with Crippen LogP contribution in [0.2, 0.25) is 0 Å². The van der Waals surface area contributed by atoms with Gasteiger partial charge in [-0.2, -0.15) is 0 Å².